The number of ether oxygens (including phenoxy) is 1. The second-order valence-corrected chi connectivity index (χ2v) is 9.52. The summed E-state index contributed by atoms with van der Waals surface area (Å²) in [7, 11) is 1.71. The number of thiazole rings is 1. The number of amidine groups is 1. The molecule has 1 atom stereocenters. The van der Waals surface area contributed by atoms with Gasteiger partial charge in [-0.3, -0.25) is 0 Å². The molecule has 3 heterocycles. The minimum Gasteiger partial charge on any atom is -0.497 e. The maximum Gasteiger partial charge on any atom is 0.156 e. The van der Waals surface area contributed by atoms with Gasteiger partial charge >= 0.3 is 0 Å². The standard InChI is InChI=1S/C25H28N4OS/c1-17-27-24-23(31-17)15-19-5-3-4-6-22(19)28-25(24)29-14-13-26-20(16-29)10-7-18-8-11-21(30-2)12-9-18/h3-6,8-9,11-12,20,26H,7,10,13-16H2,1-2H3. The van der Waals surface area contributed by atoms with E-state index in [0.717, 1.165) is 66.9 Å². The highest BCUT2D eigenvalue weighted by Crippen LogP contribution is 2.32. The van der Waals surface area contributed by atoms with E-state index in [9.17, 15) is 0 Å². The minimum absolute atomic E-state index is 0.431. The van der Waals surface area contributed by atoms with E-state index in [2.05, 4.69) is 53.5 Å². The molecule has 1 fully saturated rings. The minimum atomic E-state index is 0.431. The molecule has 0 amide bonds. The summed E-state index contributed by atoms with van der Waals surface area (Å²) in [5.41, 5.74) is 4.79. The van der Waals surface area contributed by atoms with Crippen LogP contribution in [0.4, 0.5) is 5.69 Å². The van der Waals surface area contributed by atoms with Gasteiger partial charge in [0.1, 0.15) is 11.4 Å². The number of aryl methyl sites for hydroxylation is 2. The quantitative estimate of drug-likeness (QED) is 0.666. The summed E-state index contributed by atoms with van der Waals surface area (Å²) in [6, 6.07) is 17.3. The molecule has 1 unspecified atom stereocenters. The second-order valence-electron chi connectivity index (χ2n) is 8.23. The van der Waals surface area contributed by atoms with E-state index < -0.39 is 0 Å². The Hall–Kier alpha value is -2.70. The van der Waals surface area contributed by atoms with Gasteiger partial charge in [0.2, 0.25) is 0 Å². The number of rotatable bonds is 4. The van der Waals surface area contributed by atoms with E-state index in [1.807, 2.05) is 12.1 Å². The van der Waals surface area contributed by atoms with Crippen molar-refractivity contribution in [3.8, 4) is 5.75 Å². The fourth-order valence-electron chi connectivity index (χ4n) is 4.44. The molecule has 0 spiro atoms. The van der Waals surface area contributed by atoms with Crippen LogP contribution in [-0.4, -0.2) is 48.5 Å². The third-order valence-corrected chi connectivity index (χ3v) is 7.05. The van der Waals surface area contributed by atoms with Crippen molar-refractivity contribution in [2.24, 2.45) is 4.99 Å². The van der Waals surface area contributed by atoms with Crippen LogP contribution >= 0.6 is 11.3 Å². The zero-order valence-corrected chi connectivity index (χ0v) is 18.9. The SMILES string of the molecule is COc1ccc(CCC2CN(C3=Nc4ccccc4Cc4sc(C)nc43)CCN2)cc1. The Bertz CT molecular complexity index is 1090. The molecule has 1 N–H and O–H groups in total. The average Bonchev–Trinajstić information content (AvgIpc) is 3.09. The molecule has 5 nitrogen and oxygen atoms in total. The fourth-order valence-corrected chi connectivity index (χ4v) is 5.39. The first kappa shape index (κ1) is 20.2. The molecule has 5 rings (SSSR count). The van der Waals surface area contributed by atoms with Crippen LogP contribution in [0.15, 0.2) is 53.5 Å². The largest absolute Gasteiger partial charge is 0.497 e. The molecule has 1 saturated heterocycles. The number of benzene rings is 2. The Kier molecular flexibility index (Phi) is 5.74. The van der Waals surface area contributed by atoms with Gasteiger partial charge < -0.3 is 15.0 Å². The smallest absolute Gasteiger partial charge is 0.156 e. The van der Waals surface area contributed by atoms with Gasteiger partial charge in [0.25, 0.3) is 0 Å². The third kappa shape index (κ3) is 4.36. The maximum atomic E-state index is 5.27. The van der Waals surface area contributed by atoms with Gasteiger partial charge in [0.05, 0.1) is 17.8 Å². The third-order valence-electron chi connectivity index (χ3n) is 6.08. The van der Waals surface area contributed by atoms with Gasteiger partial charge in [-0.2, -0.15) is 0 Å². The molecule has 160 valence electrons. The first-order chi connectivity index (χ1) is 15.2. The first-order valence-electron chi connectivity index (χ1n) is 10.9. The van der Waals surface area contributed by atoms with Crippen LogP contribution in [0.25, 0.3) is 0 Å². The highest BCUT2D eigenvalue weighted by molar-refractivity contribution is 7.11. The molecule has 0 aliphatic carbocycles. The Morgan fingerprint density at radius 2 is 2.00 bits per heavy atom. The zero-order chi connectivity index (χ0) is 21.2. The van der Waals surface area contributed by atoms with Crippen molar-refractivity contribution in [3.05, 3.63) is 75.2 Å². The molecule has 1 aromatic heterocycles. The number of piperazine rings is 1. The number of fused-ring (bicyclic) bond motifs is 2. The lowest BCUT2D eigenvalue weighted by Gasteiger charge is -2.35. The number of aromatic nitrogens is 1. The summed E-state index contributed by atoms with van der Waals surface area (Å²) in [6.07, 6.45) is 3.05. The van der Waals surface area contributed by atoms with Crippen molar-refractivity contribution in [1.82, 2.24) is 15.2 Å². The Balaban J connectivity index is 1.35. The van der Waals surface area contributed by atoms with Crippen LogP contribution in [0, 0.1) is 6.92 Å². The molecule has 2 aliphatic rings. The molecular formula is C25H28N4OS. The van der Waals surface area contributed by atoms with Crippen molar-refractivity contribution in [2.45, 2.75) is 32.2 Å². The van der Waals surface area contributed by atoms with E-state index >= 15 is 0 Å². The summed E-state index contributed by atoms with van der Waals surface area (Å²) >= 11 is 1.80. The zero-order valence-electron chi connectivity index (χ0n) is 18.1. The van der Waals surface area contributed by atoms with Gasteiger partial charge in [0.15, 0.2) is 5.84 Å². The van der Waals surface area contributed by atoms with Crippen molar-refractivity contribution in [2.75, 3.05) is 26.7 Å². The predicted octanol–water partition coefficient (Wildman–Crippen LogP) is 4.35. The van der Waals surface area contributed by atoms with E-state index in [4.69, 9.17) is 14.7 Å². The monoisotopic (exact) mass is 432 g/mol. The van der Waals surface area contributed by atoms with Crippen LogP contribution in [0.2, 0.25) is 0 Å². The van der Waals surface area contributed by atoms with E-state index in [1.54, 1.807) is 18.4 Å². The molecule has 0 saturated carbocycles. The van der Waals surface area contributed by atoms with Crippen molar-refractivity contribution in [3.63, 3.8) is 0 Å². The molecule has 2 aromatic carbocycles. The fraction of sp³-hybridized carbons (Fsp3) is 0.360. The van der Waals surface area contributed by atoms with E-state index in [0.29, 0.717) is 6.04 Å². The molecule has 3 aromatic rings. The van der Waals surface area contributed by atoms with Crippen LogP contribution < -0.4 is 10.1 Å². The van der Waals surface area contributed by atoms with Crippen molar-refractivity contribution < 1.29 is 4.74 Å². The summed E-state index contributed by atoms with van der Waals surface area (Å²) in [5, 5.41) is 4.82. The Labute approximate surface area is 187 Å². The lowest BCUT2D eigenvalue weighted by Crippen LogP contribution is -2.53. The summed E-state index contributed by atoms with van der Waals surface area (Å²) < 4.78 is 5.27. The Morgan fingerprint density at radius 1 is 1.16 bits per heavy atom. The first-order valence-corrected chi connectivity index (χ1v) is 11.8. The van der Waals surface area contributed by atoms with Crippen LogP contribution in [-0.2, 0) is 12.8 Å². The molecular weight excluding hydrogens is 404 g/mol. The van der Waals surface area contributed by atoms with Crippen LogP contribution in [0.1, 0.15) is 33.1 Å². The number of methoxy groups -OCH3 is 1. The van der Waals surface area contributed by atoms with Gasteiger partial charge in [-0.1, -0.05) is 30.3 Å². The van der Waals surface area contributed by atoms with E-state index in [1.165, 1.54) is 16.0 Å². The van der Waals surface area contributed by atoms with Crippen molar-refractivity contribution in [1.29, 1.82) is 0 Å². The maximum absolute atomic E-state index is 5.27. The lowest BCUT2D eigenvalue weighted by atomic mass is 10.0. The van der Waals surface area contributed by atoms with Gasteiger partial charge in [-0.05, 0) is 49.1 Å². The topological polar surface area (TPSA) is 49.8 Å². The lowest BCUT2D eigenvalue weighted by molar-refractivity contribution is 0.282. The molecule has 6 heteroatoms. The second kappa shape index (κ2) is 8.81. The summed E-state index contributed by atoms with van der Waals surface area (Å²) in [4.78, 5) is 13.8. The predicted molar refractivity (Wildman–Crippen MR) is 127 cm³/mol. The molecule has 0 radical (unpaired) electrons. The normalized spacial score (nSPS) is 18.1. The van der Waals surface area contributed by atoms with Crippen molar-refractivity contribution >= 4 is 22.9 Å². The number of hydrogen-bond acceptors (Lipinski definition) is 6. The molecule has 0 bridgehead atoms. The Morgan fingerprint density at radius 3 is 2.84 bits per heavy atom. The number of para-hydroxylation sites is 1. The van der Waals surface area contributed by atoms with E-state index in [-0.39, 0.29) is 0 Å². The highest BCUT2D eigenvalue weighted by atomic mass is 32.1. The number of nitrogens with zero attached hydrogens (tertiary/aromatic N) is 3. The summed E-state index contributed by atoms with van der Waals surface area (Å²) in [5.74, 6) is 1.95. The highest BCUT2D eigenvalue weighted by Gasteiger charge is 2.28. The van der Waals surface area contributed by atoms with Gasteiger partial charge in [0, 0.05) is 37.0 Å². The van der Waals surface area contributed by atoms with Gasteiger partial charge in [-0.25, -0.2) is 9.98 Å². The number of aliphatic imine (C=N–C) groups is 1. The van der Waals surface area contributed by atoms with Crippen LogP contribution in [0.5, 0.6) is 5.75 Å². The summed E-state index contributed by atoms with van der Waals surface area (Å²) in [6.45, 7) is 4.97. The molecule has 2 aliphatic heterocycles. The average molecular weight is 433 g/mol. The van der Waals surface area contributed by atoms with Gasteiger partial charge in [-0.15, -0.1) is 11.3 Å². The molecule has 31 heavy (non-hydrogen) atoms. The number of nitrogens with one attached hydrogen (secondary N) is 1. The number of hydrogen-bond donors (Lipinski definition) is 1. The van der Waals surface area contributed by atoms with Crippen LogP contribution in [0.3, 0.4) is 0 Å².